The zero-order chi connectivity index (χ0) is 31.0. The van der Waals surface area contributed by atoms with E-state index in [1.807, 2.05) is 72.8 Å². The van der Waals surface area contributed by atoms with Gasteiger partial charge in [0.25, 0.3) is 0 Å². The Kier molecular flexibility index (Phi) is 8.50. The summed E-state index contributed by atoms with van der Waals surface area (Å²) in [5.74, 6) is -2.86. The fraction of sp³-hybridized carbons (Fsp3) is 0.382. The van der Waals surface area contributed by atoms with Gasteiger partial charge in [0.15, 0.2) is 0 Å². The molecule has 2 bridgehead atoms. The van der Waals surface area contributed by atoms with E-state index in [2.05, 4.69) is 45.3 Å². The first-order valence-electron chi connectivity index (χ1n) is 15.1. The molecule has 3 N–H and O–H groups in total. The minimum Gasteiger partial charge on any atom is -0.394 e. The number of alkyl halides is 1. The SMILES string of the molecule is CCN(CC)c1ccc(NC(=O)C2N([C@H](CO)c3ccccc3)C(=O)[C@@H]3[C@@H](C(=O)Nc4ccccc4)[C@@H]4OC23CC4Br)cc1. The normalized spacial score (nSPS) is 27.6. The molecule has 7 atom stereocenters. The second-order valence-corrected chi connectivity index (χ2v) is 12.8. The van der Waals surface area contributed by atoms with Crippen molar-refractivity contribution in [3.63, 3.8) is 0 Å². The predicted molar refractivity (Wildman–Crippen MR) is 173 cm³/mol. The molecule has 3 aliphatic heterocycles. The van der Waals surface area contributed by atoms with Gasteiger partial charge in [0.2, 0.25) is 17.7 Å². The standard InChI is InChI=1S/C34H37BrN4O5/c1-3-38(4-2)24-17-15-23(16-18-24)37-32(42)30-34-19-25(35)29(44-34)27(31(41)36-22-13-9-6-10-14-22)28(34)33(43)39(30)26(20-40)21-11-7-5-8-12-21/h5-18,25-30,40H,3-4,19-20H2,1-2H3,(H,36,41)(H,37,42)/t25?,26-,27-,28+,29-,30?,34?/m1/s1. The van der Waals surface area contributed by atoms with E-state index >= 15 is 0 Å². The number of carbonyl (C=O) groups is 3. The number of benzene rings is 3. The molecule has 0 aliphatic carbocycles. The van der Waals surface area contributed by atoms with Crippen molar-refractivity contribution in [2.45, 2.75) is 48.9 Å². The molecule has 3 aromatic rings. The molecule has 10 heteroatoms. The van der Waals surface area contributed by atoms with Gasteiger partial charge in [-0.25, -0.2) is 0 Å². The van der Waals surface area contributed by atoms with Crippen LogP contribution in [0.5, 0.6) is 0 Å². The van der Waals surface area contributed by atoms with Crippen molar-refractivity contribution < 1.29 is 24.2 Å². The molecule has 9 nitrogen and oxygen atoms in total. The van der Waals surface area contributed by atoms with E-state index < -0.39 is 48.1 Å². The number of nitrogens with zero attached hydrogens (tertiary/aromatic N) is 2. The number of rotatable bonds is 10. The fourth-order valence-corrected chi connectivity index (χ4v) is 8.28. The van der Waals surface area contributed by atoms with Crippen LogP contribution in [-0.4, -0.2) is 70.0 Å². The van der Waals surface area contributed by atoms with E-state index in [9.17, 15) is 19.5 Å². The Balaban J connectivity index is 1.38. The largest absolute Gasteiger partial charge is 0.394 e. The van der Waals surface area contributed by atoms with Crippen LogP contribution in [0.3, 0.4) is 0 Å². The number of fused-ring (bicyclic) bond motifs is 1. The molecule has 0 aromatic heterocycles. The van der Waals surface area contributed by atoms with Crippen LogP contribution in [0, 0.1) is 11.8 Å². The van der Waals surface area contributed by atoms with Crippen molar-refractivity contribution in [1.29, 1.82) is 0 Å². The molecule has 230 valence electrons. The minimum absolute atomic E-state index is 0.244. The van der Waals surface area contributed by atoms with E-state index in [-0.39, 0.29) is 16.6 Å². The van der Waals surface area contributed by atoms with Crippen LogP contribution in [0.1, 0.15) is 31.9 Å². The third kappa shape index (κ3) is 5.08. The van der Waals surface area contributed by atoms with Crippen molar-refractivity contribution >= 4 is 50.7 Å². The van der Waals surface area contributed by atoms with Crippen LogP contribution >= 0.6 is 15.9 Å². The van der Waals surface area contributed by atoms with Gasteiger partial charge >= 0.3 is 0 Å². The lowest BCUT2D eigenvalue weighted by Crippen LogP contribution is -2.55. The summed E-state index contributed by atoms with van der Waals surface area (Å²) >= 11 is 3.72. The quantitative estimate of drug-likeness (QED) is 0.274. The average molecular weight is 662 g/mol. The Morgan fingerprint density at radius 3 is 2.16 bits per heavy atom. The molecule has 3 unspecified atom stereocenters. The molecule has 3 amide bonds. The maximum absolute atomic E-state index is 14.5. The number of anilines is 3. The lowest BCUT2D eigenvalue weighted by Gasteiger charge is -2.37. The second-order valence-electron chi connectivity index (χ2n) is 11.6. The van der Waals surface area contributed by atoms with Crippen molar-refractivity contribution in [3.8, 4) is 0 Å². The lowest BCUT2D eigenvalue weighted by atomic mass is 9.70. The van der Waals surface area contributed by atoms with Crippen LogP contribution in [0.4, 0.5) is 17.1 Å². The summed E-state index contributed by atoms with van der Waals surface area (Å²) in [7, 11) is 0. The number of hydrogen-bond acceptors (Lipinski definition) is 6. The molecular formula is C34H37BrN4O5. The molecule has 3 aromatic carbocycles. The Hall–Kier alpha value is -3.73. The Labute approximate surface area is 265 Å². The third-order valence-corrected chi connectivity index (χ3v) is 10.1. The zero-order valence-corrected chi connectivity index (χ0v) is 26.3. The summed E-state index contributed by atoms with van der Waals surface area (Å²) in [6.07, 6.45) is -0.228. The molecule has 6 rings (SSSR count). The van der Waals surface area contributed by atoms with E-state index in [0.29, 0.717) is 23.4 Å². The van der Waals surface area contributed by atoms with E-state index in [1.54, 1.807) is 12.1 Å². The number of amides is 3. The highest BCUT2D eigenvalue weighted by Gasteiger charge is 2.77. The van der Waals surface area contributed by atoms with Gasteiger partial charge in [-0.2, -0.15) is 0 Å². The van der Waals surface area contributed by atoms with Crippen molar-refractivity contribution in [2.75, 3.05) is 35.2 Å². The summed E-state index contributed by atoms with van der Waals surface area (Å²) in [5.41, 5.74) is 1.67. The minimum atomic E-state index is -1.26. The highest BCUT2D eigenvalue weighted by Crippen LogP contribution is 2.61. The molecular weight excluding hydrogens is 624 g/mol. The first kappa shape index (κ1) is 30.3. The predicted octanol–water partition coefficient (Wildman–Crippen LogP) is 4.59. The Morgan fingerprint density at radius 2 is 1.55 bits per heavy atom. The summed E-state index contributed by atoms with van der Waals surface area (Å²) in [4.78, 5) is 46.1. The first-order valence-corrected chi connectivity index (χ1v) is 16.1. The molecule has 3 heterocycles. The average Bonchev–Trinajstić information content (AvgIpc) is 3.63. The molecule has 3 saturated heterocycles. The maximum Gasteiger partial charge on any atom is 0.250 e. The van der Waals surface area contributed by atoms with Gasteiger partial charge in [-0.15, -0.1) is 0 Å². The molecule has 0 radical (unpaired) electrons. The van der Waals surface area contributed by atoms with Crippen LogP contribution in [0.15, 0.2) is 84.9 Å². The van der Waals surface area contributed by atoms with Gasteiger partial charge < -0.3 is 30.3 Å². The van der Waals surface area contributed by atoms with Gasteiger partial charge in [-0.1, -0.05) is 64.5 Å². The van der Waals surface area contributed by atoms with Gasteiger partial charge in [-0.05, 0) is 62.2 Å². The van der Waals surface area contributed by atoms with Crippen LogP contribution in [0.2, 0.25) is 0 Å². The molecule has 1 spiro atoms. The van der Waals surface area contributed by atoms with Gasteiger partial charge in [0.1, 0.15) is 11.6 Å². The molecule has 3 aliphatic rings. The lowest BCUT2D eigenvalue weighted by molar-refractivity contribution is -0.143. The summed E-state index contributed by atoms with van der Waals surface area (Å²) in [6.45, 7) is 5.50. The van der Waals surface area contributed by atoms with Crippen LogP contribution in [-0.2, 0) is 19.1 Å². The van der Waals surface area contributed by atoms with E-state index in [1.165, 1.54) is 4.90 Å². The first-order chi connectivity index (χ1) is 21.3. The van der Waals surface area contributed by atoms with Crippen molar-refractivity contribution in [2.24, 2.45) is 11.8 Å². The smallest absolute Gasteiger partial charge is 0.250 e. The number of hydrogen-bond donors (Lipinski definition) is 3. The van der Waals surface area contributed by atoms with Crippen LogP contribution < -0.4 is 15.5 Å². The Bertz CT molecular complexity index is 1500. The number of halogens is 1. The highest BCUT2D eigenvalue weighted by atomic mass is 79.9. The Morgan fingerprint density at radius 1 is 0.955 bits per heavy atom. The van der Waals surface area contributed by atoms with Crippen molar-refractivity contribution in [1.82, 2.24) is 4.90 Å². The third-order valence-electron chi connectivity index (χ3n) is 9.28. The van der Waals surface area contributed by atoms with Gasteiger partial charge in [-0.3, -0.25) is 14.4 Å². The van der Waals surface area contributed by atoms with E-state index in [4.69, 9.17) is 4.74 Å². The highest BCUT2D eigenvalue weighted by molar-refractivity contribution is 9.09. The summed E-state index contributed by atoms with van der Waals surface area (Å²) < 4.78 is 6.63. The number of carbonyl (C=O) groups excluding carboxylic acids is 3. The number of nitrogens with one attached hydrogen (secondary N) is 2. The van der Waals surface area contributed by atoms with Crippen molar-refractivity contribution in [3.05, 3.63) is 90.5 Å². The topological polar surface area (TPSA) is 111 Å². The second kappa shape index (κ2) is 12.3. The zero-order valence-electron chi connectivity index (χ0n) is 24.7. The summed E-state index contributed by atoms with van der Waals surface area (Å²) in [5, 5.41) is 16.6. The number of aliphatic hydroxyl groups is 1. The number of para-hydroxylation sites is 1. The van der Waals surface area contributed by atoms with Gasteiger partial charge in [0.05, 0.1) is 30.6 Å². The molecule has 3 fully saturated rings. The van der Waals surface area contributed by atoms with Crippen LogP contribution in [0.25, 0.3) is 0 Å². The number of aliphatic hydroxyl groups excluding tert-OH is 1. The molecule has 0 saturated carbocycles. The number of likely N-dealkylation sites (tertiary alicyclic amines) is 1. The fourth-order valence-electron chi connectivity index (χ4n) is 7.33. The van der Waals surface area contributed by atoms with Gasteiger partial charge in [0, 0.05) is 35.0 Å². The monoisotopic (exact) mass is 660 g/mol. The summed E-state index contributed by atoms with van der Waals surface area (Å²) in [6, 6.07) is 24.0. The maximum atomic E-state index is 14.5. The molecule has 44 heavy (non-hydrogen) atoms. The number of ether oxygens (including phenoxy) is 1. The van der Waals surface area contributed by atoms with E-state index in [0.717, 1.165) is 18.8 Å².